The molecule has 0 aliphatic carbocycles. The maximum atomic E-state index is 5.95. The summed E-state index contributed by atoms with van der Waals surface area (Å²) < 4.78 is 35.1. The van der Waals surface area contributed by atoms with Crippen LogP contribution in [0.25, 0.3) is 0 Å². The number of rotatable bonds is 10. The quantitative estimate of drug-likeness (QED) is 0.586. The van der Waals surface area contributed by atoms with Crippen molar-refractivity contribution in [1.29, 1.82) is 0 Å². The molecular formula is C18H30O6Si. The van der Waals surface area contributed by atoms with Crippen LogP contribution in [-0.4, -0.2) is 40.6 Å². The van der Waals surface area contributed by atoms with Crippen molar-refractivity contribution in [3.05, 3.63) is 23.8 Å². The average molecular weight is 371 g/mol. The fourth-order valence-electron chi connectivity index (χ4n) is 2.61. The number of benzene rings is 1. The van der Waals surface area contributed by atoms with Gasteiger partial charge in [0.05, 0.1) is 6.61 Å². The molecule has 0 radical (unpaired) electrons. The van der Waals surface area contributed by atoms with Gasteiger partial charge in [-0.15, -0.1) is 0 Å². The molecule has 1 unspecified atom stereocenters. The molecule has 1 heterocycles. The van der Waals surface area contributed by atoms with Gasteiger partial charge in [0, 0.05) is 38.7 Å². The second-order valence-electron chi connectivity index (χ2n) is 5.92. The zero-order valence-corrected chi connectivity index (χ0v) is 16.9. The lowest BCUT2D eigenvalue weighted by Crippen LogP contribution is -2.51. The van der Waals surface area contributed by atoms with Crippen LogP contribution in [0.15, 0.2) is 18.2 Å². The van der Waals surface area contributed by atoms with Crippen molar-refractivity contribution in [2.45, 2.75) is 53.4 Å². The average Bonchev–Trinajstić information content (AvgIpc) is 2.61. The van der Waals surface area contributed by atoms with E-state index in [4.69, 9.17) is 27.5 Å². The summed E-state index contributed by atoms with van der Waals surface area (Å²) in [7, 11) is -2.83. The Hall–Kier alpha value is -1.12. The highest BCUT2D eigenvalue weighted by Gasteiger charge is 2.42. The third-order valence-corrected chi connectivity index (χ3v) is 6.72. The Morgan fingerprint density at radius 2 is 1.68 bits per heavy atom. The molecule has 25 heavy (non-hydrogen) atoms. The van der Waals surface area contributed by atoms with Gasteiger partial charge in [0.2, 0.25) is 5.79 Å². The highest BCUT2D eigenvalue weighted by Crippen LogP contribution is 2.35. The molecule has 1 atom stereocenters. The molecule has 0 saturated carbocycles. The van der Waals surface area contributed by atoms with E-state index >= 15 is 0 Å². The van der Waals surface area contributed by atoms with Crippen LogP contribution in [0.3, 0.4) is 0 Å². The fourth-order valence-corrected chi connectivity index (χ4v) is 4.77. The Kier molecular flexibility index (Phi) is 7.27. The highest BCUT2D eigenvalue weighted by atomic mass is 28.4. The number of hydrogen-bond donors (Lipinski definition) is 0. The monoisotopic (exact) mass is 370 g/mol. The van der Waals surface area contributed by atoms with Gasteiger partial charge in [-0.25, -0.2) is 0 Å². The summed E-state index contributed by atoms with van der Waals surface area (Å²) >= 11 is 0. The molecule has 6 nitrogen and oxygen atoms in total. The van der Waals surface area contributed by atoms with E-state index in [0.29, 0.717) is 26.4 Å². The number of hydrogen-bond acceptors (Lipinski definition) is 6. The van der Waals surface area contributed by atoms with Gasteiger partial charge >= 0.3 is 8.80 Å². The van der Waals surface area contributed by atoms with E-state index in [-0.39, 0.29) is 6.23 Å². The first-order valence-electron chi connectivity index (χ1n) is 9.00. The van der Waals surface area contributed by atoms with E-state index in [1.54, 1.807) is 0 Å². The van der Waals surface area contributed by atoms with Crippen molar-refractivity contribution in [3.8, 4) is 11.5 Å². The minimum atomic E-state index is -2.83. The maximum absolute atomic E-state index is 5.95. The second-order valence-corrected chi connectivity index (χ2v) is 8.44. The highest BCUT2D eigenvalue weighted by molar-refractivity contribution is 6.60. The molecule has 0 bridgehead atoms. The maximum Gasteiger partial charge on any atom is 0.540 e. The molecule has 1 aromatic carbocycles. The van der Waals surface area contributed by atoms with Crippen molar-refractivity contribution < 1.29 is 27.5 Å². The number of ether oxygens (including phenoxy) is 3. The Bertz CT molecular complexity index is 535. The van der Waals surface area contributed by atoms with E-state index in [2.05, 4.69) is 0 Å². The molecule has 7 heteroatoms. The summed E-state index contributed by atoms with van der Waals surface area (Å²) in [4.78, 5) is 0. The Labute approximate surface area is 151 Å². The van der Waals surface area contributed by atoms with Crippen molar-refractivity contribution in [3.63, 3.8) is 0 Å². The van der Waals surface area contributed by atoms with Crippen LogP contribution in [-0.2, 0) is 24.6 Å². The van der Waals surface area contributed by atoms with Crippen molar-refractivity contribution >= 4 is 8.80 Å². The van der Waals surface area contributed by atoms with E-state index in [9.17, 15) is 0 Å². The Morgan fingerprint density at radius 3 is 2.24 bits per heavy atom. The third kappa shape index (κ3) is 5.18. The zero-order chi connectivity index (χ0) is 18.3. The topological polar surface area (TPSA) is 55.4 Å². The van der Waals surface area contributed by atoms with Gasteiger partial charge in [-0.1, -0.05) is 6.92 Å². The predicted octanol–water partition coefficient (Wildman–Crippen LogP) is 3.69. The van der Waals surface area contributed by atoms with Crippen LogP contribution in [0.2, 0.25) is 0 Å². The zero-order valence-electron chi connectivity index (χ0n) is 15.9. The van der Waals surface area contributed by atoms with Gasteiger partial charge in [-0.2, -0.15) is 0 Å². The van der Waals surface area contributed by atoms with E-state index in [0.717, 1.165) is 23.5 Å². The van der Waals surface area contributed by atoms with E-state index in [1.807, 2.05) is 52.8 Å². The Morgan fingerprint density at radius 1 is 1.04 bits per heavy atom. The molecule has 1 aromatic rings. The van der Waals surface area contributed by atoms with Crippen molar-refractivity contribution in [2.75, 3.05) is 26.1 Å². The van der Waals surface area contributed by atoms with Crippen LogP contribution in [0.1, 0.15) is 46.6 Å². The molecule has 0 saturated heterocycles. The van der Waals surface area contributed by atoms with Crippen molar-refractivity contribution in [2.24, 2.45) is 0 Å². The minimum Gasteiger partial charge on any atom is -0.489 e. The van der Waals surface area contributed by atoms with Crippen molar-refractivity contribution in [1.82, 2.24) is 0 Å². The van der Waals surface area contributed by atoms with Gasteiger partial charge in [-0.3, -0.25) is 0 Å². The van der Waals surface area contributed by atoms with Gasteiger partial charge in [0.15, 0.2) is 6.23 Å². The van der Waals surface area contributed by atoms with Crippen LogP contribution >= 0.6 is 0 Å². The van der Waals surface area contributed by atoms with Crippen LogP contribution in [0.5, 0.6) is 11.5 Å². The first kappa shape index (κ1) is 20.2. The lowest BCUT2D eigenvalue weighted by molar-refractivity contribution is -0.194. The van der Waals surface area contributed by atoms with Crippen LogP contribution < -0.4 is 9.47 Å². The first-order chi connectivity index (χ1) is 12.0. The molecule has 0 aromatic heterocycles. The summed E-state index contributed by atoms with van der Waals surface area (Å²) in [6.45, 7) is 11.9. The van der Waals surface area contributed by atoms with Gasteiger partial charge in [-0.05, 0) is 39.0 Å². The molecule has 1 aliphatic rings. The lowest BCUT2D eigenvalue weighted by atomic mass is 10.1. The van der Waals surface area contributed by atoms with Gasteiger partial charge in [0.1, 0.15) is 11.5 Å². The third-order valence-electron chi connectivity index (χ3n) is 4.04. The molecule has 0 fully saturated rings. The lowest BCUT2D eigenvalue weighted by Gasteiger charge is -2.35. The standard InChI is InChI=1S/C18H30O6Si/c1-6-18(5)20-13-15-12-16(10-11-17(15)24-18)19-14-25(21-7-2,22-8-3)23-9-4/h10-12H,6-9,13-14H2,1-5H3. The summed E-state index contributed by atoms with van der Waals surface area (Å²) in [6, 6.07) is 5.75. The molecule has 0 spiro atoms. The molecule has 0 amide bonds. The molecular weight excluding hydrogens is 340 g/mol. The second kappa shape index (κ2) is 9.00. The largest absolute Gasteiger partial charge is 0.540 e. The number of fused-ring (bicyclic) bond motifs is 1. The summed E-state index contributed by atoms with van der Waals surface area (Å²) in [6.07, 6.45) is 1.06. The summed E-state index contributed by atoms with van der Waals surface area (Å²) in [5.41, 5.74) is 0.972. The first-order valence-corrected chi connectivity index (χ1v) is 10.9. The molecule has 0 N–H and O–H groups in total. The molecule has 2 rings (SSSR count). The Balaban J connectivity index is 2.07. The fraction of sp³-hybridized carbons (Fsp3) is 0.667. The van der Waals surface area contributed by atoms with Gasteiger partial charge in [0.25, 0.3) is 0 Å². The molecule has 142 valence electrons. The summed E-state index contributed by atoms with van der Waals surface area (Å²) in [5, 5.41) is 0. The van der Waals surface area contributed by atoms with E-state index in [1.165, 1.54) is 0 Å². The minimum absolute atomic E-state index is 0.274. The predicted molar refractivity (Wildman–Crippen MR) is 96.7 cm³/mol. The van der Waals surface area contributed by atoms with Crippen LogP contribution in [0.4, 0.5) is 0 Å². The summed E-state index contributed by atoms with van der Waals surface area (Å²) in [5.74, 6) is 1.00. The van der Waals surface area contributed by atoms with E-state index < -0.39 is 14.6 Å². The SMILES string of the molecule is CCO[Si](COc1ccc2c(c1)COC(C)(CC)O2)(OCC)OCC. The van der Waals surface area contributed by atoms with Crippen LogP contribution in [0, 0.1) is 0 Å². The smallest absolute Gasteiger partial charge is 0.489 e. The molecule has 1 aliphatic heterocycles. The normalized spacial score (nSPS) is 20.0. The van der Waals surface area contributed by atoms with Gasteiger partial charge < -0.3 is 27.5 Å².